The highest BCUT2D eigenvalue weighted by molar-refractivity contribution is 5.93. The first-order valence-electron chi connectivity index (χ1n) is 8.19. The van der Waals surface area contributed by atoms with Crippen molar-refractivity contribution in [2.75, 3.05) is 13.1 Å². The van der Waals surface area contributed by atoms with Crippen LogP contribution in [-0.4, -0.2) is 35.3 Å². The fourth-order valence-electron chi connectivity index (χ4n) is 4.32. The van der Waals surface area contributed by atoms with Crippen molar-refractivity contribution in [3.8, 4) is 0 Å². The van der Waals surface area contributed by atoms with Gasteiger partial charge in [0, 0.05) is 19.5 Å². The van der Waals surface area contributed by atoms with Crippen molar-refractivity contribution in [3.05, 3.63) is 0 Å². The quantitative estimate of drug-likeness (QED) is 0.841. The Hall–Kier alpha value is -1.06. The zero-order valence-electron chi connectivity index (χ0n) is 12.5. The lowest BCUT2D eigenvalue weighted by atomic mass is 9.95. The van der Waals surface area contributed by atoms with Crippen molar-refractivity contribution in [1.29, 1.82) is 0 Å². The van der Waals surface area contributed by atoms with Gasteiger partial charge in [-0.1, -0.05) is 26.2 Å². The van der Waals surface area contributed by atoms with E-state index in [1.54, 1.807) is 0 Å². The Labute approximate surface area is 121 Å². The summed E-state index contributed by atoms with van der Waals surface area (Å²) in [6.45, 7) is 3.77. The molecule has 2 amide bonds. The number of nitrogens with one attached hydrogen (secondary N) is 1. The van der Waals surface area contributed by atoms with Crippen LogP contribution < -0.4 is 5.32 Å². The molecule has 20 heavy (non-hydrogen) atoms. The Morgan fingerprint density at radius 1 is 1.25 bits per heavy atom. The number of hydrogen-bond donors (Lipinski definition) is 1. The maximum atomic E-state index is 12.9. The van der Waals surface area contributed by atoms with Gasteiger partial charge in [0.2, 0.25) is 11.8 Å². The molecule has 0 aromatic rings. The highest BCUT2D eigenvalue weighted by Crippen LogP contribution is 2.35. The minimum atomic E-state index is -0.558. The molecule has 0 radical (unpaired) electrons. The van der Waals surface area contributed by atoms with Crippen molar-refractivity contribution in [1.82, 2.24) is 10.2 Å². The summed E-state index contributed by atoms with van der Waals surface area (Å²) >= 11 is 0. The van der Waals surface area contributed by atoms with Gasteiger partial charge in [0.15, 0.2) is 0 Å². The topological polar surface area (TPSA) is 49.4 Å². The van der Waals surface area contributed by atoms with Gasteiger partial charge in [0.25, 0.3) is 0 Å². The van der Waals surface area contributed by atoms with Gasteiger partial charge in [0.05, 0.1) is 0 Å². The molecule has 3 rings (SSSR count). The van der Waals surface area contributed by atoms with Crippen LogP contribution in [0.4, 0.5) is 0 Å². The molecule has 0 aromatic carbocycles. The third-order valence-electron chi connectivity index (χ3n) is 5.42. The molecule has 1 saturated heterocycles. The molecule has 2 atom stereocenters. The van der Waals surface area contributed by atoms with Crippen LogP contribution in [0.15, 0.2) is 0 Å². The fraction of sp³-hybridized carbons (Fsp3) is 0.875. The summed E-state index contributed by atoms with van der Waals surface area (Å²) < 4.78 is 0. The van der Waals surface area contributed by atoms with E-state index in [1.165, 1.54) is 19.3 Å². The van der Waals surface area contributed by atoms with Crippen molar-refractivity contribution in [2.45, 2.75) is 63.8 Å². The summed E-state index contributed by atoms with van der Waals surface area (Å²) in [6.07, 6.45) is 7.99. The zero-order chi connectivity index (χ0) is 14.2. The highest BCUT2D eigenvalue weighted by Gasteiger charge is 2.46. The lowest BCUT2D eigenvalue weighted by molar-refractivity contribution is -0.139. The van der Waals surface area contributed by atoms with E-state index in [4.69, 9.17) is 0 Å². The number of carbonyl (C=O) groups excluding carboxylic acids is 2. The van der Waals surface area contributed by atoms with E-state index in [0.29, 0.717) is 18.9 Å². The van der Waals surface area contributed by atoms with E-state index in [-0.39, 0.29) is 11.8 Å². The van der Waals surface area contributed by atoms with Crippen molar-refractivity contribution in [3.63, 3.8) is 0 Å². The first-order chi connectivity index (χ1) is 9.59. The molecule has 3 fully saturated rings. The first kappa shape index (κ1) is 13.9. The molecule has 2 aliphatic carbocycles. The molecule has 2 unspecified atom stereocenters. The van der Waals surface area contributed by atoms with E-state index < -0.39 is 5.54 Å². The van der Waals surface area contributed by atoms with E-state index in [1.807, 2.05) is 4.90 Å². The van der Waals surface area contributed by atoms with Crippen LogP contribution in [0, 0.1) is 11.8 Å². The maximum absolute atomic E-state index is 12.9. The second kappa shape index (κ2) is 5.38. The number of nitrogens with zero attached hydrogens (tertiary/aromatic N) is 1. The van der Waals surface area contributed by atoms with E-state index >= 15 is 0 Å². The van der Waals surface area contributed by atoms with Gasteiger partial charge >= 0.3 is 0 Å². The van der Waals surface area contributed by atoms with E-state index in [9.17, 15) is 9.59 Å². The average Bonchev–Trinajstić information content (AvgIpc) is 3.01. The molecule has 0 aromatic heterocycles. The van der Waals surface area contributed by atoms with Gasteiger partial charge in [-0.15, -0.1) is 0 Å². The first-order valence-corrected chi connectivity index (χ1v) is 8.19. The summed E-state index contributed by atoms with van der Waals surface area (Å²) in [4.78, 5) is 26.8. The predicted molar refractivity (Wildman–Crippen MR) is 77.0 cm³/mol. The molecule has 1 heterocycles. The predicted octanol–water partition coefficient (Wildman–Crippen LogP) is 2.08. The van der Waals surface area contributed by atoms with Crippen LogP contribution in [-0.2, 0) is 9.59 Å². The summed E-state index contributed by atoms with van der Waals surface area (Å²) in [5, 5.41) is 3.04. The van der Waals surface area contributed by atoms with Crippen LogP contribution in [0.2, 0.25) is 0 Å². The second-order valence-corrected chi connectivity index (χ2v) is 7.12. The monoisotopic (exact) mass is 278 g/mol. The molecular formula is C16H26N2O2. The van der Waals surface area contributed by atoms with Gasteiger partial charge < -0.3 is 10.2 Å². The van der Waals surface area contributed by atoms with Gasteiger partial charge in [-0.05, 0) is 37.5 Å². The van der Waals surface area contributed by atoms with Crippen molar-refractivity contribution in [2.24, 2.45) is 11.8 Å². The van der Waals surface area contributed by atoms with Gasteiger partial charge in [-0.3, -0.25) is 9.59 Å². The Kier molecular flexibility index (Phi) is 3.74. The third kappa shape index (κ3) is 2.57. The molecular weight excluding hydrogens is 252 g/mol. The van der Waals surface area contributed by atoms with Crippen LogP contribution in [0.5, 0.6) is 0 Å². The Morgan fingerprint density at radius 3 is 2.65 bits per heavy atom. The highest BCUT2D eigenvalue weighted by atomic mass is 16.2. The van der Waals surface area contributed by atoms with E-state index in [2.05, 4.69) is 12.2 Å². The SMILES string of the molecule is CC1CCC(CN2CCC(=O)NC3(CCCC3)C2=O)C1. The number of amides is 2. The van der Waals surface area contributed by atoms with Crippen molar-refractivity contribution >= 4 is 11.8 Å². The summed E-state index contributed by atoms with van der Waals surface area (Å²) in [7, 11) is 0. The molecule has 1 N–H and O–H groups in total. The lowest BCUT2D eigenvalue weighted by Crippen LogP contribution is -2.55. The largest absolute Gasteiger partial charge is 0.342 e. The third-order valence-corrected chi connectivity index (χ3v) is 5.42. The average molecular weight is 278 g/mol. The molecule has 4 heteroatoms. The molecule has 4 nitrogen and oxygen atoms in total. The molecule has 2 saturated carbocycles. The molecule has 1 aliphatic heterocycles. The van der Waals surface area contributed by atoms with Crippen molar-refractivity contribution < 1.29 is 9.59 Å². The summed E-state index contributed by atoms with van der Waals surface area (Å²) in [6, 6.07) is 0. The van der Waals surface area contributed by atoms with Crippen LogP contribution in [0.1, 0.15) is 58.3 Å². The van der Waals surface area contributed by atoms with E-state index in [0.717, 1.165) is 38.1 Å². The van der Waals surface area contributed by atoms with Gasteiger partial charge in [-0.25, -0.2) is 0 Å². The summed E-state index contributed by atoms with van der Waals surface area (Å²) in [5.41, 5.74) is -0.558. The lowest BCUT2D eigenvalue weighted by Gasteiger charge is -2.33. The molecule has 112 valence electrons. The Bertz CT molecular complexity index is 401. The maximum Gasteiger partial charge on any atom is 0.248 e. The number of rotatable bonds is 2. The second-order valence-electron chi connectivity index (χ2n) is 7.12. The Morgan fingerprint density at radius 2 is 2.00 bits per heavy atom. The molecule has 1 spiro atoms. The van der Waals surface area contributed by atoms with Gasteiger partial charge in [-0.2, -0.15) is 0 Å². The number of carbonyl (C=O) groups is 2. The normalized spacial score (nSPS) is 33.5. The zero-order valence-corrected chi connectivity index (χ0v) is 12.5. The number of hydrogen-bond acceptors (Lipinski definition) is 2. The standard InChI is InChI=1S/C16H26N2O2/c1-12-4-5-13(10-12)11-18-9-6-14(19)17-16(15(18)20)7-2-3-8-16/h12-13H,2-11H2,1H3,(H,17,19). The minimum Gasteiger partial charge on any atom is -0.342 e. The van der Waals surface area contributed by atoms with Crippen LogP contribution in [0.25, 0.3) is 0 Å². The van der Waals surface area contributed by atoms with Crippen LogP contribution in [0.3, 0.4) is 0 Å². The summed E-state index contributed by atoms with van der Waals surface area (Å²) in [5.74, 6) is 1.69. The fourth-order valence-corrected chi connectivity index (χ4v) is 4.32. The molecule has 0 bridgehead atoms. The minimum absolute atomic E-state index is 0.0579. The molecule has 3 aliphatic rings. The Balaban J connectivity index is 1.72. The van der Waals surface area contributed by atoms with Gasteiger partial charge in [0.1, 0.15) is 5.54 Å². The van der Waals surface area contributed by atoms with Crippen LogP contribution >= 0.6 is 0 Å². The smallest absolute Gasteiger partial charge is 0.248 e.